The van der Waals surface area contributed by atoms with Crippen molar-refractivity contribution in [2.75, 3.05) is 13.6 Å². The Morgan fingerprint density at radius 3 is 2.60 bits per heavy atom. The molecule has 1 N–H and O–H groups in total. The topological polar surface area (TPSA) is 12.0 Å². The summed E-state index contributed by atoms with van der Waals surface area (Å²) in [4.78, 5) is 0. The smallest absolute Gasteiger partial charge is 0.0131 e. The van der Waals surface area contributed by atoms with Gasteiger partial charge in [0, 0.05) is 6.54 Å². The molecule has 0 saturated carbocycles. The molecular weight excluding hydrogens is 122 g/mol. The molecule has 0 bridgehead atoms. The molecule has 1 nitrogen and oxygen atoms in total. The Morgan fingerprint density at radius 1 is 1.20 bits per heavy atom. The molecule has 0 aromatic rings. The Bertz CT molecular complexity index is 76.8. The number of nitrogens with one attached hydrogen (secondary N) is 1. The minimum Gasteiger partial charge on any atom is -0.316 e. The van der Waals surface area contributed by atoms with Crippen molar-refractivity contribution in [2.45, 2.75) is 32.6 Å². The van der Waals surface area contributed by atoms with E-state index in [1.807, 2.05) is 7.05 Å². The molecule has 0 fully saturated rings. The maximum Gasteiger partial charge on any atom is 0.0131 e. The molecule has 0 atom stereocenters. The van der Waals surface area contributed by atoms with Gasteiger partial charge in [0.2, 0.25) is 0 Å². The standard InChI is InChI=1S/C9H19N/c1-3-4-5-6-7-8-9-10-2/h7-8,10H,3-6,9H2,1-2H3/b8-7-. The van der Waals surface area contributed by atoms with Crippen LogP contribution in [0.25, 0.3) is 0 Å². The van der Waals surface area contributed by atoms with Gasteiger partial charge in [-0.3, -0.25) is 0 Å². The van der Waals surface area contributed by atoms with E-state index in [2.05, 4.69) is 24.4 Å². The van der Waals surface area contributed by atoms with E-state index in [-0.39, 0.29) is 0 Å². The van der Waals surface area contributed by atoms with Crippen molar-refractivity contribution in [1.82, 2.24) is 5.32 Å². The zero-order chi connectivity index (χ0) is 7.66. The lowest BCUT2D eigenvalue weighted by atomic mass is 10.2. The summed E-state index contributed by atoms with van der Waals surface area (Å²) < 4.78 is 0. The second-order valence-electron chi connectivity index (χ2n) is 2.52. The zero-order valence-corrected chi connectivity index (χ0v) is 7.19. The summed E-state index contributed by atoms with van der Waals surface area (Å²) in [6.45, 7) is 3.24. The quantitative estimate of drug-likeness (QED) is 0.442. The summed E-state index contributed by atoms with van der Waals surface area (Å²) in [5.74, 6) is 0. The summed E-state index contributed by atoms with van der Waals surface area (Å²) in [6.07, 6.45) is 9.72. The van der Waals surface area contributed by atoms with Crippen LogP contribution in [0.5, 0.6) is 0 Å². The molecule has 0 heterocycles. The van der Waals surface area contributed by atoms with Crippen LogP contribution in [-0.2, 0) is 0 Å². The predicted molar refractivity (Wildman–Crippen MR) is 47.2 cm³/mol. The van der Waals surface area contributed by atoms with E-state index in [0.29, 0.717) is 0 Å². The molecule has 60 valence electrons. The second-order valence-corrected chi connectivity index (χ2v) is 2.52. The molecule has 0 aromatic carbocycles. The Hall–Kier alpha value is -0.300. The molecule has 10 heavy (non-hydrogen) atoms. The van der Waals surface area contributed by atoms with Crippen molar-refractivity contribution in [3.05, 3.63) is 12.2 Å². The van der Waals surface area contributed by atoms with Crippen molar-refractivity contribution in [3.63, 3.8) is 0 Å². The van der Waals surface area contributed by atoms with Gasteiger partial charge in [-0.25, -0.2) is 0 Å². The molecule has 0 aliphatic heterocycles. The van der Waals surface area contributed by atoms with Crippen LogP contribution in [0.1, 0.15) is 32.6 Å². The van der Waals surface area contributed by atoms with Gasteiger partial charge in [-0.2, -0.15) is 0 Å². The second kappa shape index (κ2) is 8.70. The van der Waals surface area contributed by atoms with Crippen LogP contribution in [0.3, 0.4) is 0 Å². The zero-order valence-electron chi connectivity index (χ0n) is 7.19. The first-order valence-corrected chi connectivity index (χ1v) is 4.21. The lowest BCUT2D eigenvalue weighted by Gasteiger charge is -1.91. The largest absolute Gasteiger partial charge is 0.316 e. The van der Waals surface area contributed by atoms with Gasteiger partial charge >= 0.3 is 0 Å². The van der Waals surface area contributed by atoms with Gasteiger partial charge in [0.15, 0.2) is 0 Å². The van der Waals surface area contributed by atoms with Crippen LogP contribution in [0, 0.1) is 0 Å². The summed E-state index contributed by atoms with van der Waals surface area (Å²) in [5.41, 5.74) is 0. The van der Waals surface area contributed by atoms with Gasteiger partial charge in [0.1, 0.15) is 0 Å². The maximum absolute atomic E-state index is 3.07. The van der Waals surface area contributed by atoms with E-state index < -0.39 is 0 Å². The number of allylic oxidation sites excluding steroid dienone is 1. The third-order valence-corrected chi connectivity index (χ3v) is 1.46. The van der Waals surface area contributed by atoms with Gasteiger partial charge < -0.3 is 5.32 Å². The van der Waals surface area contributed by atoms with E-state index in [1.54, 1.807) is 0 Å². The highest BCUT2D eigenvalue weighted by molar-refractivity contribution is 4.82. The fourth-order valence-electron chi connectivity index (χ4n) is 0.831. The predicted octanol–water partition coefficient (Wildman–Crippen LogP) is 2.34. The summed E-state index contributed by atoms with van der Waals surface area (Å²) >= 11 is 0. The van der Waals surface area contributed by atoms with Crippen LogP contribution in [-0.4, -0.2) is 13.6 Å². The Kier molecular flexibility index (Phi) is 8.44. The Balaban J connectivity index is 2.88. The fraction of sp³-hybridized carbons (Fsp3) is 0.778. The van der Waals surface area contributed by atoms with Gasteiger partial charge in [-0.1, -0.05) is 31.9 Å². The lowest BCUT2D eigenvalue weighted by Crippen LogP contribution is -2.03. The van der Waals surface area contributed by atoms with Gasteiger partial charge in [-0.05, 0) is 19.9 Å². The summed E-state index contributed by atoms with van der Waals surface area (Å²) in [6, 6.07) is 0. The molecule has 0 aliphatic carbocycles. The van der Waals surface area contributed by atoms with Crippen LogP contribution in [0.2, 0.25) is 0 Å². The Morgan fingerprint density at radius 2 is 2.00 bits per heavy atom. The van der Waals surface area contributed by atoms with Crippen molar-refractivity contribution in [1.29, 1.82) is 0 Å². The average molecular weight is 141 g/mol. The first kappa shape index (κ1) is 9.70. The highest BCUT2D eigenvalue weighted by Gasteiger charge is 1.80. The van der Waals surface area contributed by atoms with Gasteiger partial charge in [0.25, 0.3) is 0 Å². The molecule has 0 aromatic heterocycles. The summed E-state index contributed by atoms with van der Waals surface area (Å²) in [5, 5.41) is 3.07. The molecular formula is C9H19N. The van der Waals surface area contributed by atoms with Crippen molar-refractivity contribution in [2.24, 2.45) is 0 Å². The number of likely N-dealkylation sites (N-methyl/N-ethyl adjacent to an activating group) is 1. The van der Waals surface area contributed by atoms with Crippen LogP contribution >= 0.6 is 0 Å². The SMILES string of the molecule is CCCCC/C=C\CNC. The minimum atomic E-state index is 1.01. The molecule has 0 saturated heterocycles. The van der Waals surface area contributed by atoms with Crippen LogP contribution < -0.4 is 5.32 Å². The molecule has 0 aliphatic rings. The minimum absolute atomic E-state index is 1.01. The van der Waals surface area contributed by atoms with Gasteiger partial charge in [-0.15, -0.1) is 0 Å². The third kappa shape index (κ3) is 7.70. The number of rotatable bonds is 6. The molecule has 1 heteroatoms. The number of unbranched alkanes of at least 4 members (excludes halogenated alkanes) is 3. The van der Waals surface area contributed by atoms with E-state index in [9.17, 15) is 0 Å². The molecule has 0 rings (SSSR count). The van der Waals surface area contributed by atoms with Crippen molar-refractivity contribution < 1.29 is 0 Å². The average Bonchev–Trinajstić information content (AvgIpc) is 1.97. The molecule has 0 spiro atoms. The lowest BCUT2D eigenvalue weighted by molar-refractivity contribution is 0.727. The third-order valence-electron chi connectivity index (χ3n) is 1.46. The Labute approximate surface area is 64.5 Å². The maximum atomic E-state index is 3.07. The van der Waals surface area contributed by atoms with E-state index >= 15 is 0 Å². The normalized spacial score (nSPS) is 11.0. The van der Waals surface area contributed by atoms with E-state index in [1.165, 1.54) is 25.7 Å². The molecule has 0 radical (unpaired) electrons. The fourth-order valence-corrected chi connectivity index (χ4v) is 0.831. The molecule has 0 unspecified atom stereocenters. The van der Waals surface area contributed by atoms with Crippen molar-refractivity contribution >= 4 is 0 Å². The van der Waals surface area contributed by atoms with Gasteiger partial charge in [0.05, 0.1) is 0 Å². The first-order chi connectivity index (χ1) is 4.91. The monoisotopic (exact) mass is 141 g/mol. The van der Waals surface area contributed by atoms with E-state index in [4.69, 9.17) is 0 Å². The number of hydrogen-bond donors (Lipinski definition) is 1. The van der Waals surface area contributed by atoms with Crippen LogP contribution in [0.15, 0.2) is 12.2 Å². The highest BCUT2D eigenvalue weighted by atomic mass is 14.8. The summed E-state index contributed by atoms with van der Waals surface area (Å²) in [7, 11) is 1.97. The highest BCUT2D eigenvalue weighted by Crippen LogP contribution is 1.98. The van der Waals surface area contributed by atoms with Crippen LogP contribution in [0.4, 0.5) is 0 Å². The van der Waals surface area contributed by atoms with Crippen molar-refractivity contribution in [3.8, 4) is 0 Å². The first-order valence-electron chi connectivity index (χ1n) is 4.21. The molecule has 0 amide bonds. The van der Waals surface area contributed by atoms with E-state index in [0.717, 1.165) is 6.54 Å². The number of hydrogen-bond acceptors (Lipinski definition) is 1.